The second-order valence-electron chi connectivity index (χ2n) is 5.12. The first-order valence-corrected chi connectivity index (χ1v) is 7.96. The highest BCUT2D eigenvalue weighted by Crippen LogP contribution is 2.36. The summed E-state index contributed by atoms with van der Waals surface area (Å²) in [5, 5.41) is 11.8. The zero-order chi connectivity index (χ0) is 16.1. The van der Waals surface area contributed by atoms with Crippen LogP contribution in [0.5, 0.6) is 5.88 Å². The van der Waals surface area contributed by atoms with E-state index in [0.29, 0.717) is 21.6 Å². The molecule has 1 heterocycles. The third kappa shape index (κ3) is 3.92. The van der Waals surface area contributed by atoms with Crippen molar-refractivity contribution in [2.24, 2.45) is 0 Å². The summed E-state index contributed by atoms with van der Waals surface area (Å²) in [6, 6.07) is 10.8. The highest BCUT2D eigenvalue weighted by Gasteiger charge is 2.24. The number of aliphatic hydroxyl groups is 1. The van der Waals surface area contributed by atoms with Crippen molar-refractivity contribution < 1.29 is 9.84 Å². The summed E-state index contributed by atoms with van der Waals surface area (Å²) in [6.07, 6.45) is 1.02. The Hall–Kier alpha value is -1.29. The number of hydrogen-bond donors (Lipinski definition) is 1. The first-order chi connectivity index (χ1) is 10.6. The number of aromatic nitrogens is 1. The van der Waals surface area contributed by atoms with Crippen LogP contribution in [0.25, 0.3) is 0 Å². The molecular formula is C17H19Cl2NO2. The standard InChI is InChI=1S/C17H19Cl2NO2/c1-3-5-12(11-8-9-13(18)14(19)10-11)17(21)15-6-4-7-16(20-15)22-2/h4,6-10,12,17,21H,3,5H2,1-2H3/t12-,17+/m0/s1. The SMILES string of the molecule is CCC[C@@H](c1ccc(Cl)c(Cl)c1)[C@@H](O)c1cccc(OC)n1. The summed E-state index contributed by atoms with van der Waals surface area (Å²) >= 11 is 12.1. The molecule has 0 fully saturated rings. The highest BCUT2D eigenvalue weighted by molar-refractivity contribution is 6.42. The van der Waals surface area contributed by atoms with Crippen LogP contribution in [0.3, 0.4) is 0 Å². The number of nitrogens with zero attached hydrogens (tertiary/aromatic N) is 1. The molecule has 2 rings (SSSR count). The molecule has 0 aliphatic heterocycles. The van der Waals surface area contributed by atoms with Crippen LogP contribution in [-0.2, 0) is 0 Å². The summed E-state index contributed by atoms with van der Waals surface area (Å²) in [6.45, 7) is 2.08. The van der Waals surface area contributed by atoms with Crippen molar-refractivity contribution >= 4 is 23.2 Å². The van der Waals surface area contributed by atoms with Crippen LogP contribution < -0.4 is 4.74 Å². The molecule has 0 radical (unpaired) electrons. The molecule has 1 aromatic carbocycles. The van der Waals surface area contributed by atoms with Gasteiger partial charge in [-0.1, -0.05) is 48.7 Å². The Labute approximate surface area is 140 Å². The second kappa shape index (κ2) is 7.82. The normalized spacial score (nSPS) is 13.7. The summed E-state index contributed by atoms with van der Waals surface area (Å²) in [7, 11) is 1.56. The summed E-state index contributed by atoms with van der Waals surface area (Å²) in [5.74, 6) is 0.389. The Morgan fingerprint density at radius 2 is 1.95 bits per heavy atom. The van der Waals surface area contributed by atoms with Crippen molar-refractivity contribution in [2.75, 3.05) is 7.11 Å². The predicted molar refractivity (Wildman–Crippen MR) is 89.9 cm³/mol. The summed E-state index contributed by atoms with van der Waals surface area (Å²) < 4.78 is 5.12. The molecule has 2 atom stereocenters. The van der Waals surface area contributed by atoms with Crippen molar-refractivity contribution in [3.05, 3.63) is 57.7 Å². The number of hydrogen-bond acceptors (Lipinski definition) is 3. The van der Waals surface area contributed by atoms with Crippen LogP contribution in [0, 0.1) is 0 Å². The van der Waals surface area contributed by atoms with Gasteiger partial charge in [0.05, 0.1) is 22.8 Å². The molecule has 0 bridgehead atoms. The van der Waals surface area contributed by atoms with Crippen LogP contribution in [0.1, 0.15) is 43.0 Å². The van der Waals surface area contributed by atoms with E-state index in [-0.39, 0.29) is 5.92 Å². The lowest BCUT2D eigenvalue weighted by atomic mass is 9.87. The van der Waals surface area contributed by atoms with E-state index in [1.54, 1.807) is 25.3 Å². The molecule has 0 amide bonds. The lowest BCUT2D eigenvalue weighted by Crippen LogP contribution is -2.13. The van der Waals surface area contributed by atoms with E-state index in [1.165, 1.54) is 0 Å². The van der Waals surface area contributed by atoms with Crippen molar-refractivity contribution in [3.63, 3.8) is 0 Å². The van der Waals surface area contributed by atoms with Gasteiger partial charge in [-0.15, -0.1) is 0 Å². The third-order valence-corrected chi connectivity index (χ3v) is 4.35. The van der Waals surface area contributed by atoms with E-state index in [4.69, 9.17) is 27.9 Å². The molecule has 0 aliphatic carbocycles. The monoisotopic (exact) mass is 339 g/mol. The molecule has 0 saturated carbocycles. The lowest BCUT2D eigenvalue weighted by molar-refractivity contribution is 0.134. The van der Waals surface area contributed by atoms with Crippen molar-refractivity contribution in [3.8, 4) is 5.88 Å². The molecule has 22 heavy (non-hydrogen) atoms. The minimum atomic E-state index is -0.729. The minimum Gasteiger partial charge on any atom is -0.481 e. The Kier molecular flexibility index (Phi) is 6.07. The van der Waals surface area contributed by atoms with Gasteiger partial charge in [0.25, 0.3) is 0 Å². The van der Waals surface area contributed by atoms with Gasteiger partial charge in [0.2, 0.25) is 5.88 Å². The van der Waals surface area contributed by atoms with E-state index >= 15 is 0 Å². The van der Waals surface area contributed by atoms with E-state index in [9.17, 15) is 5.11 Å². The Morgan fingerprint density at radius 3 is 2.59 bits per heavy atom. The zero-order valence-electron chi connectivity index (χ0n) is 12.6. The average Bonchev–Trinajstić information content (AvgIpc) is 2.54. The van der Waals surface area contributed by atoms with Gasteiger partial charge in [0.15, 0.2) is 0 Å². The lowest BCUT2D eigenvalue weighted by Gasteiger charge is -2.23. The van der Waals surface area contributed by atoms with E-state index in [1.807, 2.05) is 18.2 Å². The number of methoxy groups -OCH3 is 1. The van der Waals surface area contributed by atoms with Gasteiger partial charge in [-0.3, -0.25) is 0 Å². The number of benzene rings is 1. The number of aliphatic hydroxyl groups excluding tert-OH is 1. The fourth-order valence-electron chi connectivity index (χ4n) is 2.48. The van der Waals surface area contributed by atoms with Gasteiger partial charge in [-0.05, 0) is 30.2 Å². The van der Waals surface area contributed by atoms with Crippen molar-refractivity contribution in [1.82, 2.24) is 4.98 Å². The van der Waals surface area contributed by atoms with E-state index < -0.39 is 6.10 Å². The Balaban J connectivity index is 2.35. The molecular weight excluding hydrogens is 321 g/mol. The Bertz CT molecular complexity index is 634. The molecule has 3 nitrogen and oxygen atoms in total. The fraction of sp³-hybridized carbons (Fsp3) is 0.353. The predicted octanol–water partition coefficient (Wildman–Crippen LogP) is 5.01. The molecule has 0 unspecified atom stereocenters. The molecule has 118 valence electrons. The van der Waals surface area contributed by atoms with Crippen LogP contribution in [-0.4, -0.2) is 17.2 Å². The average molecular weight is 340 g/mol. The maximum atomic E-state index is 10.8. The number of pyridine rings is 1. The molecule has 0 aliphatic rings. The largest absolute Gasteiger partial charge is 0.481 e. The summed E-state index contributed by atoms with van der Waals surface area (Å²) in [4.78, 5) is 4.33. The molecule has 1 N–H and O–H groups in total. The topological polar surface area (TPSA) is 42.4 Å². The van der Waals surface area contributed by atoms with E-state index in [0.717, 1.165) is 18.4 Å². The first kappa shape index (κ1) is 17.1. The quantitative estimate of drug-likeness (QED) is 0.803. The van der Waals surface area contributed by atoms with Crippen LogP contribution >= 0.6 is 23.2 Å². The summed E-state index contributed by atoms with van der Waals surface area (Å²) in [5.41, 5.74) is 1.54. The van der Waals surface area contributed by atoms with Crippen LogP contribution in [0.4, 0.5) is 0 Å². The van der Waals surface area contributed by atoms with Gasteiger partial charge < -0.3 is 9.84 Å². The van der Waals surface area contributed by atoms with Crippen molar-refractivity contribution in [2.45, 2.75) is 31.8 Å². The molecule has 0 spiro atoms. The van der Waals surface area contributed by atoms with Gasteiger partial charge in [0.1, 0.15) is 6.10 Å². The van der Waals surface area contributed by atoms with Crippen LogP contribution in [0.15, 0.2) is 36.4 Å². The molecule has 0 saturated heterocycles. The number of ether oxygens (including phenoxy) is 1. The van der Waals surface area contributed by atoms with Gasteiger partial charge in [-0.25, -0.2) is 4.98 Å². The van der Waals surface area contributed by atoms with E-state index in [2.05, 4.69) is 11.9 Å². The van der Waals surface area contributed by atoms with Gasteiger partial charge in [0, 0.05) is 12.0 Å². The maximum Gasteiger partial charge on any atom is 0.213 e. The van der Waals surface area contributed by atoms with Crippen molar-refractivity contribution in [1.29, 1.82) is 0 Å². The zero-order valence-corrected chi connectivity index (χ0v) is 14.1. The van der Waals surface area contributed by atoms with Gasteiger partial charge in [-0.2, -0.15) is 0 Å². The third-order valence-electron chi connectivity index (χ3n) is 3.61. The fourth-order valence-corrected chi connectivity index (χ4v) is 2.78. The number of rotatable bonds is 6. The minimum absolute atomic E-state index is 0.0978. The molecule has 1 aromatic heterocycles. The smallest absolute Gasteiger partial charge is 0.213 e. The Morgan fingerprint density at radius 1 is 1.18 bits per heavy atom. The first-order valence-electron chi connectivity index (χ1n) is 7.20. The molecule has 5 heteroatoms. The highest BCUT2D eigenvalue weighted by atomic mass is 35.5. The van der Waals surface area contributed by atoms with Gasteiger partial charge >= 0.3 is 0 Å². The second-order valence-corrected chi connectivity index (χ2v) is 5.93. The molecule has 2 aromatic rings. The maximum absolute atomic E-state index is 10.8. The van der Waals surface area contributed by atoms with Crippen LogP contribution in [0.2, 0.25) is 10.0 Å². The number of halogens is 2.